The molecule has 0 aliphatic carbocycles. The molecule has 0 radical (unpaired) electrons. The van der Waals surface area contributed by atoms with Crippen molar-refractivity contribution in [1.29, 1.82) is 0 Å². The lowest BCUT2D eigenvalue weighted by Crippen LogP contribution is -2.20. The summed E-state index contributed by atoms with van der Waals surface area (Å²) in [5.74, 6) is 2.59. The highest BCUT2D eigenvalue weighted by Gasteiger charge is 2.09. The number of ether oxygens (including phenoxy) is 2. The van der Waals surface area contributed by atoms with E-state index in [9.17, 15) is 0 Å². The highest BCUT2D eigenvalue weighted by atomic mass is 16.5. The number of rotatable bonds is 8. The fourth-order valence-electron chi connectivity index (χ4n) is 2.07. The molecule has 0 saturated heterocycles. The van der Waals surface area contributed by atoms with E-state index in [2.05, 4.69) is 32.3 Å². The predicted octanol–water partition coefficient (Wildman–Crippen LogP) is 2.87. The maximum Gasteiger partial charge on any atom is 0.249 e. The Labute approximate surface area is 136 Å². The van der Waals surface area contributed by atoms with Crippen LogP contribution in [0, 0.1) is 0 Å². The summed E-state index contributed by atoms with van der Waals surface area (Å²) >= 11 is 0. The Hall–Kier alpha value is -2.57. The number of aromatic nitrogens is 3. The molecule has 1 aromatic heterocycles. The molecule has 7 heteroatoms. The Morgan fingerprint density at radius 1 is 1.22 bits per heavy atom. The maximum atomic E-state index is 5.34. The van der Waals surface area contributed by atoms with E-state index in [0.29, 0.717) is 11.7 Å². The standard InChI is InChI=1S/C16H23N5O2/c1-5-6-9-21(2)15-11-17-20-16(19-15)18-13-10-12(22-3)7-8-14(13)23-4/h7-8,10-11H,5-6,9H2,1-4H3,(H,18,19,20). The second-order valence-electron chi connectivity index (χ2n) is 5.10. The summed E-state index contributed by atoms with van der Waals surface area (Å²) in [6, 6.07) is 5.49. The van der Waals surface area contributed by atoms with Crippen LogP contribution in [0.4, 0.5) is 17.5 Å². The minimum Gasteiger partial charge on any atom is -0.497 e. The fourth-order valence-corrected chi connectivity index (χ4v) is 2.07. The molecule has 0 aliphatic rings. The van der Waals surface area contributed by atoms with Crippen molar-refractivity contribution in [1.82, 2.24) is 15.2 Å². The summed E-state index contributed by atoms with van der Waals surface area (Å²) in [7, 11) is 5.23. The van der Waals surface area contributed by atoms with Gasteiger partial charge in [-0.2, -0.15) is 10.1 Å². The highest BCUT2D eigenvalue weighted by Crippen LogP contribution is 2.30. The molecule has 23 heavy (non-hydrogen) atoms. The molecule has 2 rings (SSSR count). The van der Waals surface area contributed by atoms with Crippen LogP contribution >= 0.6 is 0 Å². The van der Waals surface area contributed by atoms with E-state index in [1.54, 1.807) is 20.4 Å². The van der Waals surface area contributed by atoms with Crippen molar-refractivity contribution in [2.24, 2.45) is 0 Å². The third kappa shape index (κ3) is 4.45. The third-order valence-corrected chi connectivity index (χ3v) is 3.44. The van der Waals surface area contributed by atoms with Crippen molar-refractivity contribution in [2.45, 2.75) is 19.8 Å². The lowest BCUT2D eigenvalue weighted by Gasteiger charge is -2.17. The summed E-state index contributed by atoms with van der Waals surface area (Å²) in [4.78, 5) is 6.56. The van der Waals surface area contributed by atoms with Gasteiger partial charge in [0, 0.05) is 19.7 Å². The molecule has 0 fully saturated rings. The summed E-state index contributed by atoms with van der Waals surface area (Å²) in [6.07, 6.45) is 3.89. The largest absolute Gasteiger partial charge is 0.497 e. The smallest absolute Gasteiger partial charge is 0.249 e. The Morgan fingerprint density at radius 3 is 2.74 bits per heavy atom. The van der Waals surface area contributed by atoms with E-state index in [1.807, 2.05) is 25.2 Å². The van der Waals surface area contributed by atoms with Crippen LogP contribution < -0.4 is 19.7 Å². The molecule has 1 N–H and O–H groups in total. The molecule has 0 unspecified atom stereocenters. The van der Waals surface area contributed by atoms with Crippen molar-refractivity contribution in [3.8, 4) is 11.5 Å². The number of hydrogen-bond donors (Lipinski definition) is 1. The zero-order valence-corrected chi connectivity index (χ0v) is 14.0. The predicted molar refractivity (Wildman–Crippen MR) is 90.8 cm³/mol. The molecule has 1 aromatic carbocycles. The second kappa shape index (κ2) is 8.17. The van der Waals surface area contributed by atoms with Gasteiger partial charge in [0.15, 0.2) is 5.82 Å². The molecule has 0 aliphatic heterocycles. The number of hydrogen-bond acceptors (Lipinski definition) is 7. The molecule has 124 valence electrons. The molecule has 0 amide bonds. The zero-order valence-electron chi connectivity index (χ0n) is 14.0. The van der Waals surface area contributed by atoms with Crippen molar-refractivity contribution >= 4 is 17.5 Å². The number of benzene rings is 1. The summed E-state index contributed by atoms with van der Waals surface area (Å²) in [6.45, 7) is 3.09. The van der Waals surface area contributed by atoms with E-state index in [4.69, 9.17) is 9.47 Å². The average molecular weight is 317 g/mol. The topological polar surface area (TPSA) is 72.4 Å². The van der Waals surface area contributed by atoms with Gasteiger partial charge in [-0.15, -0.1) is 5.10 Å². The van der Waals surface area contributed by atoms with Gasteiger partial charge in [0.25, 0.3) is 0 Å². The first kappa shape index (κ1) is 16.8. The average Bonchev–Trinajstić information content (AvgIpc) is 2.59. The van der Waals surface area contributed by atoms with Gasteiger partial charge in [-0.05, 0) is 18.6 Å². The Kier molecular flexibility index (Phi) is 5.96. The summed E-state index contributed by atoms with van der Waals surface area (Å²) in [5, 5.41) is 11.2. The SMILES string of the molecule is CCCCN(C)c1cnnc(Nc2cc(OC)ccc2OC)n1. The van der Waals surface area contributed by atoms with E-state index in [0.717, 1.165) is 36.6 Å². The van der Waals surface area contributed by atoms with Crippen molar-refractivity contribution in [3.05, 3.63) is 24.4 Å². The van der Waals surface area contributed by atoms with Crippen LogP contribution in [-0.4, -0.2) is 43.0 Å². The van der Waals surface area contributed by atoms with E-state index < -0.39 is 0 Å². The van der Waals surface area contributed by atoms with Crippen LogP contribution in [0.15, 0.2) is 24.4 Å². The normalized spacial score (nSPS) is 10.3. The molecule has 0 atom stereocenters. The summed E-state index contributed by atoms with van der Waals surface area (Å²) in [5.41, 5.74) is 0.724. The number of anilines is 3. The van der Waals surface area contributed by atoms with Gasteiger partial charge in [-0.3, -0.25) is 0 Å². The van der Waals surface area contributed by atoms with Crippen LogP contribution in [-0.2, 0) is 0 Å². The molecule has 0 saturated carbocycles. The number of methoxy groups -OCH3 is 2. The first-order valence-corrected chi connectivity index (χ1v) is 7.57. The lowest BCUT2D eigenvalue weighted by atomic mass is 10.2. The minimum absolute atomic E-state index is 0.414. The molecular weight excluding hydrogens is 294 g/mol. The fraction of sp³-hybridized carbons (Fsp3) is 0.438. The zero-order chi connectivity index (χ0) is 16.7. The van der Waals surface area contributed by atoms with Crippen LogP contribution in [0.5, 0.6) is 11.5 Å². The van der Waals surface area contributed by atoms with Gasteiger partial charge < -0.3 is 19.7 Å². The number of nitrogens with zero attached hydrogens (tertiary/aromatic N) is 4. The third-order valence-electron chi connectivity index (χ3n) is 3.44. The Balaban J connectivity index is 2.20. The van der Waals surface area contributed by atoms with Crippen LogP contribution in [0.3, 0.4) is 0 Å². The van der Waals surface area contributed by atoms with Gasteiger partial charge in [0.2, 0.25) is 5.95 Å². The van der Waals surface area contributed by atoms with Crippen LogP contribution in [0.1, 0.15) is 19.8 Å². The molecule has 2 aromatic rings. The van der Waals surface area contributed by atoms with Crippen molar-refractivity contribution in [2.75, 3.05) is 38.0 Å². The highest BCUT2D eigenvalue weighted by molar-refractivity contribution is 5.65. The Bertz CT molecular complexity index is 636. The Morgan fingerprint density at radius 2 is 2.04 bits per heavy atom. The van der Waals surface area contributed by atoms with E-state index in [1.165, 1.54) is 0 Å². The summed E-state index contributed by atoms with van der Waals surface area (Å²) < 4.78 is 10.6. The van der Waals surface area contributed by atoms with Gasteiger partial charge >= 0.3 is 0 Å². The van der Waals surface area contributed by atoms with Gasteiger partial charge in [0.05, 0.1) is 26.1 Å². The van der Waals surface area contributed by atoms with Gasteiger partial charge in [0.1, 0.15) is 11.5 Å². The van der Waals surface area contributed by atoms with E-state index >= 15 is 0 Å². The monoisotopic (exact) mass is 317 g/mol. The molecule has 1 heterocycles. The maximum absolute atomic E-state index is 5.34. The molecule has 0 bridgehead atoms. The van der Waals surface area contributed by atoms with Gasteiger partial charge in [-0.25, -0.2) is 0 Å². The molecule has 7 nitrogen and oxygen atoms in total. The first-order chi connectivity index (χ1) is 11.2. The van der Waals surface area contributed by atoms with Gasteiger partial charge in [-0.1, -0.05) is 13.3 Å². The number of unbranched alkanes of at least 4 members (excludes halogenated alkanes) is 1. The van der Waals surface area contributed by atoms with Crippen LogP contribution in [0.25, 0.3) is 0 Å². The van der Waals surface area contributed by atoms with Crippen LogP contribution in [0.2, 0.25) is 0 Å². The molecule has 0 spiro atoms. The second-order valence-corrected chi connectivity index (χ2v) is 5.10. The first-order valence-electron chi connectivity index (χ1n) is 7.57. The van der Waals surface area contributed by atoms with Crippen molar-refractivity contribution in [3.63, 3.8) is 0 Å². The lowest BCUT2D eigenvalue weighted by molar-refractivity contribution is 0.405. The minimum atomic E-state index is 0.414. The van der Waals surface area contributed by atoms with Crippen molar-refractivity contribution < 1.29 is 9.47 Å². The quantitative estimate of drug-likeness (QED) is 0.802. The van der Waals surface area contributed by atoms with E-state index in [-0.39, 0.29) is 0 Å². The molecular formula is C16H23N5O2. The number of nitrogens with one attached hydrogen (secondary N) is 1.